The van der Waals surface area contributed by atoms with Crippen molar-refractivity contribution in [3.05, 3.63) is 17.5 Å². The zero-order valence-electron chi connectivity index (χ0n) is 10.0. The fraction of sp³-hybridized carbons (Fsp3) is 0.727. The topological polar surface area (TPSA) is 17.8 Å². The third-order valence-electron chi connectivity index (χ3n) is 2.30. The monoisotopic (exact) mass is 234 g/mol. The van der Waals surface area contributed by atoms with E-state index >= 15 is 0 Å². The first-order chi connectivity index (χ1) is 7.09. The second kappa shape index (κ2) is 4.11. The van der Waals surface area contributed by atoms with Crippen LogP contribution >= 0.6 is 0 Å². The Morgan fingerprint density at radius 2 is 1.81 bits per heavy atom. The molecule has 0 saturated heterocycles. The van der Waals surface area contributed by atoms with Crippen molar-refractivity contribution < 1.29 is 13.2 Å². The predicted octanol–water partition coefficient (Wildman–Crippen LogP) is 3.65. The highest BCUT2D eigenvalue weighted by Crippen LogP contribution is 2.30. The summed E-state index contributed by atoms with van der Waals surface area (Å²) in [6, 6.07) is 0. The van der Waals surface area contributed by atoms with Crippen LogP contribution in [0.15, 0.2) is 6.20 Å². The van der Waals surface area contributed by atoms with Crippen LogP contribution < -0.4 is 0 Å². The van der Waals surface area contributed by atoms with Gasteiger partial charge >= 0.3 is 6.18 Å². The van der Waals surface area contributed by atoms with E-state index in [-0.39, 0.29) is 11.0 Å². The molecule has 2 nitrogen and oxygen atoms in total. The number of aryl methyl sites for hydroxylation is 2. The second-order valence-electron chi connectivity index (χ2n) is 5.23. The van der Waals surface area contributed by atoms with Crippen LogP contribution in [0.1, 0.15) is 38.4 Å². The molecule has 0 aliphatic carbocycles. The maximum atomic E-state index is 12.5. The fourth-order valence-corrected chi connectivity index (χ4v) is 1.37. The molecule has 0 bridgehead atoms. The van der Waals surface area contributed by atoms with Crippen LogP contribution in [0.2, 0.25) is 0 Å². The molecule has 1 aromatic heterocycles. The molecule has 5 heteroatoms. The van der Waals surface area contributed by atoms with Gasteiger partial charge in [0.2, 0.25) is 0 Å². The molecule has 16 heavy (non-hydrogen) atoms. The summed E-state index contributed by atoms with van der Waals surface area (Å²) >= 11 is 0. The summed E-state index contributed by atoms with van der Waals surface area (Å²) in [7, 11) is 0. The van der Waals surface area contributed by atoms with Gasteiger partial charge in [0.1, 0.15) is 0 Å². The van der Waals surface area contributed by atoms with Crippen molar-refractivity contribution in [3.63, 3.8) is 0 Å². The minimum Gasteiger partial charge on any atom is -0.272 e. The van der Waals surface area contributed by atoms with Gasteiger partial charge < -0.3 is 0 Å². The summed E-state index contributed by atoms with van der Waals surface area (Å²) in [5.74, 6) is 0. The van der Waals surface area contributed by atoms with Gasteiger partial charge in [-0.25, -0.2) is 0 Å². The Bertz CT molecular complexity index is 358. The predicted molar refractivity (Wildman–Crippen MR) is 56.0 cm³/mol. The highest BCUT2D eigenvalue weighted by molar-refractivity contribution is 5.17. The van der Waals surface area contributed by atoms with Crippen molar-refractivity contribution in [2.45, 2.75) is 46.8 Å². The van der Waals surface area contributed by atoms with Crippen LogP contribution in [0, 0.1) is 12.3 Å². The number of rotatable bonds is 2. The van der Waals surface area contributed by atoms with E-state index in [1.165, 1.54) is 17.8 Å². The lowest BCUT2D eigenvalue weighted by Crippen LogP contribution is -2.12. The summed E-state index contributed by atoms with van der Waals surface area (Å²) in [6.45, 7) is 8.10. The Kier molecular flexibility index (Phi) is 3.35. The normalized spacial score (nSPS) is 13.2. The van der Waals surface area contributed by atoms with E-state index < -0.39 is 11.9 Å². The number of hydrogen-bond acceptors (Lipinski definition) is 1. The molecule has 92 valence electrons. The number of hydrogen-bond donors (Lipinski definition) is 0. The molecule has 1 heterocycles. The number of aromatic nitrogens is 2. The number of halogens is 3. The van der Waals surface area contributed by atoms with Crippen LogP contribution in [0.25, 0.3) is 0 Å². The standard InChI is InChI=1S/C11H17F3N2/c1-8-7-16(6-5-10(2,3)4)15-9(8)11(12,13)14/h7H,5-6H2,1-4H3. The van der Waals surface area contributed by atoms with Gasteiger partial charge in [-0.05, 0) is 24.3 Å². The van der Waals surface area contributed by atoms with Gasteiger partial charge in [0, 0.05) is 12.7 Å². The second-order valence-corrected chi connectivity index (χ2v) is 5.23. The molecule has 0 fully saturated rings. The summed E-state index contributed by atoms with van der Waals surface area (Å²) in [4.78, 5) is 0. The molecule has 0 amide bonds. The van der Waals surface area contributed by atoms with E-state index in [1.54, 1.807) is 0 Å². The van der Waals surface area contributed by atoms with Gasteiger partial charge in [0.15, 0.2) is 5.69 Å². The summed E-state index contributed by atoms with van der Waals surface area (Å²) < 4.78 is 38.8. The Labute approximate surface area is 93.5 Å². The molecule has 0 saturated carbocycles. The molecular formula is C11H17F3N2. The first kappa shape index (κ1) is 13.1. The van der Waals surface area contributed by atoms with E-state index in [4.69, 9.17) is 0 Å². The highest BCUT2D eigenvalue weighted by Gasteiger charge is 2.35. The van der Waals surface area contributed by atoms with E-state index in [0.29, 0.717) is 6.54 Å². The Morgan fingerprint density at radius 1 is 1.25 bits per heavy atom. The smallest absolute Gasteiger partial charge is 0.272 e. The minimum absolute atomic E-state index is 0.0955. The number of nitrogens with zero attached hydrogens (tertiary/aromatic N) is 2. The lowest BCUT2D eigenvalue weighted by molar-refractivity contribution is -0.141. The molecule has 0 aromatic carbocycles. The zero-order valence-corrected chi connectivity index (χ0v) is 10.0. The average molecular weight is 234 g/mol. The molecule has 0 spiro atoms. The van der Waals surface area contributed by atoms with Gasteiger partial charge in [-0.3, -0.25) is 4.68 Å². The molecule has 1 aromatic rings. The fourth-order valence-electron chi connectivity index (χ4n) is 1.37. The van der Waals surface area contributed by atoms with E-state index in [1.807, 2.05) is 20.8 Å². The third-order valence-corrected chi connectivity index (χ3v) is 2.30. The van der Waals surface area contributed by atoms with Crippen molar-refractivity contribution in [2.24, 2.45) is 5.41 Å². The van der Waals surface area contributed by atoms with Gasteiger partial charge in [-0.15, -0.1) is 0 Å². The van der Waals surface area contributed by atoms with Crippen molar-refractivity contribution in [3.8, 4) is 0 Å². The van der Waals surface area contributed by atoms with Crippen LogP contribution in [-0.2, 0) is 12.7 Å². The zero-order chi connectivity index (χ0) is 12.6. The van der Waals surface area contributed by atoms with Crippen molar-refractivity contribution in [1.29, 1.82) is 0 Å². The van der Waals surface area contributed by atoms with E-state index in [2.05, 4.69) is 5.10 Å². The molecular weight excluding hydrogens is 217 g/mol. The lowest BCUT2D eigenvalue weighted by atomic mass is 9.92. The molecule has 0 aliphatic rings. The average Bonchev–Trinajstić information content (AvgIpc) is 2.41. The summed E-state index contributed by atoms with van der Waals surface area (Å²) in [5.41, 5.74) is -0.499. The summed E-state index contributed by atoms with van der Waals surface area (Å²) in [5, 5.41) is 3.58. The Balaban J connectivity index is 2.78. The Hall–Kier alpha value is -1.00. The van der Waals surface area contributed by atoms with Crippen molar-refractivity contribution >= 4 is 0 Å². The molecule has 0 atom stereocenters. The quantitative estimate of drug-likeness (QED) is 0.763. The SMILES string of the molecule is Cc1cn(CCC(C)(C)C)nc1C(F)(F)F. The van der Waals surface area contributed by atoms with Crippen molar-refractivity contribution in [2.75, 3.05) is 0 Å². The summed E-state index contributed by atoms with van der Waals surface area (Å²) in [6.07, 6.45) is -2.10. The van der Waals surface area contributed by atoms with Gasteiger partial charge in [-0.2, -0.15) is 18.3 Å². The number of alkyl halides is 3. The van der Waals surface area contributed by atoms with Gasteiger partial charge in [-0.1, -0.05) is 20.8 Å². The first-order valence-corrected chi connectivity index (χ1v) is 5.21. The maximum Gasteiger partial charge on any atom is 0.435 e. The molecule has 0 aliphatic heterocycles. The van der Waals surface area contributed by atoms with E-state index in [9.17, 15) is 13.2 Å². The van der Waals surface area contributed by atoms with Gasteiger partial charge in [0.25, 0.3) is 0 Å². The van der Waals surface area contributed by atoms with Crippen molar-refractivity contribution in [1.82, 2.24) is 9.78 Å². The Morgan fingerprint density at radius 3 is 2.19 bits per heavy atom. The molecule has 0 N–H and O–H groups in total. The first-order valence-electron chi connectivity index (χ1n) is 5.21. The van der Waals surface area contributed by atoms with Crippen LogP contribution in [0.3, 0.4) is 0 Å². The van der Waals surface area contributed by atoms with E-state index in [0.717, 1.165) is 6.42 Å². The van der Waals surface area contributed by atoms with Gasteiger partial charge in [0.05, 0.1) is 0 Å². The minimum atomic E-state index is -4.35. The van der Waals surface area contributed by atoms with Crippen LogP contribution in [0.4, 0.5) is 13.2 Å². The highest BCUT2D eigenvalue weighted by atomic mass is 19.4. The largest absolute Gasteiger partial charge is 0.435 e. The molecule has 0 radical (unpaired) electrons. The third kappa shape index (κ3) is 3.54. The van der Waals surface area contributed by atoms with Crippen LogP contribution in [-0.4, -0.2) is 9.78 Å². The maximum absolute atomic E-state index is 12.5. The van der Waals surface area contributed by atoms with Crippen LogP contribution in [0.5, 0.6) is 0 Å². The lowest BCUT2D eigenvalue weighted by Gasteiger charge is -2.17. The molecule has 1 rings (SSSR count). The molecule has 0 unspecified atom stereocenters.